The second-order valence-corrected chi connectivity index (χ2v) is 10.7. The fourth-order valence-corrected chi connectivity index (χ4v) is 5.25. The largest absolute Gasteiger partial charge is 0.465 e. The molecule has 1 aromatic carbocycles. The number of hydrogen-bond acceptors (Lipinski definition) is 11. The number of benzene rings is 1. The molecule has 0 amide bonds. The van der Waals surface area contributed by atoms with Gasteiger partial charge in [-0.3, -0.25) is 9.32 Å². The number of nitrogens with one attached hydrogen (secondary N) is 1. The van der Waals surface area contributed by atoms with Gasteiger partial charge in [0, 0.05) is 0 Å². The zero-order valence-electron chi connectivity index (χ0n) is 22.2. The molecule has 4 atom stereocenters. The summed E-state index contributed by atoms with van der Waals surface area (Å²) in [6, 6.07) is 8.15. The number of nitrogens with zero attached hydrogens (tertiary/aromatic N) is 4. The molecule has 0 fully saturated rings. The van der Waals surface area contributed by atoms with E-state index in [0.29, 0.717) is 17.8 Å². The molecule has 4 N–H and O–H groups in total. The standard InChI is InChI=1S/C24H34FN6O7P/c1-5-19(17-13-27-22-21(26)28-15-29-31(17)22)37-20(18(32)12-25)14-36-39(34,38-16-10-8-7-9-11-16)30-24(3,4)23(33)35-6-2/h7-11,13,15,18-20,32H,5-6,12,14H2,1-4H3,(H,30,34)(H2,26,28,29)/t18-,19+,20+,39?/m0/s1. The molecule has 0 saturated heterocycles. The number of rotatable bonds is 15. The topological polar surface area (TPSA) is 172 Å². The molecular weight excluding hydrogens is 534 g/mol. The fourth-order valence-electron chi connectivity index (χ4n) is 3.57. The third-order valence-electron chi connectivity index (χ3n) is 5.56. The Morgan fingerprint density at radius 1 is 1.26 bits per heavy atom. The van der Waals surface area contributed by atoms with Gasteiger partial charge in [0.05, 0.1) is 25.1 Å². The second-order valence-electron chi connectivity index (χ2n) is 9.01. The van der Waals surface area contributed by atoms with Crippen molar-refractivity contribution in [3.05, 3.63) is 48.5 Å². The van der Waals surface area contributed by atoms with Crippen LogP contribution in [0.2, 0.25) is 0 Å². The minimum absolute atomic E-state index is 0.103. The van der Waals surface area contributed by atoms with Crippen LogP contribution in [0.5, 0.6) is 5.75 Å². The molecule has 15 heteroatoms. The molecule has 0 aliphatic heterocycles. The van der Waals surface area contributed by atoms with E-state index in [0.717, 1.165) is 0 Å². The van der Waals surface area contributed by atoms with Crippen molar-refractivity contribution in [1.29, 1.82) is 0 Å². The van der Waals surface area contributed by atoms with E-state index >= 15 is 0 Å². The lowest BCUT2D eigenvalue weighted by atomic mass is 10.1. The number of halogens is 1. The van der Waals surface area contributed by atoms with Gasteiger partial charge >= 0.3 is 13.7 Å². The first-order valence-corrected chi connectivity index (χ1v) is 13.9. The van der Waals surface area contributed by atoms with Gasteiger partial charge in [-0.2, -0.15) is 10.2 Å². The van der Waals surface area contributed by atoms with Crippen molar-refractivity contribution in [1.82, 2.24) is 24.7 Å². The first-order chi connectivity index (χ1) is 18.5. The Labute approximate surface area is 225 Å². The average molecular weight is 569 g/mol. The van der Waals surface area contributed by atoms with Crippen molar-refractivity contribution >= 4 is 25.2 Å². The number of carbonyl (C=O) groups is 1. The Hall–Kier alpha value is -3.16. The Kier molecular flexibility index (Phi) is 10.3. The van der Waals surface area contributed by atoms with Gasteiger partial charge < -0.3 is 24.8 Å². The lowest BCUT2D eigenvalue weighted by Gasteiger charge is -2.31. The van der Waals surface area contributed by atoms with E-state index in [2.05, 4.69) is 20.2 Å². The quantitative estimate of drug-likeness (QED) is 0.181. The fraction of sp³-hybridized carbons (Fsp3) is 0.500. The van der Waals surface area contributed by atoms with Crippen LogP contribution in [0.15, 0.2) is 42.9 Å². The summed E-state index contributed by atoms with van der Waals surface area (Å²) in [6.07, 6.45) is -0.556. The Bertz CT molecular complexity index is 1280. The molecule has 3 aromatic rings. The summed E-state index contributed by atoms with van der Waals surface area (Å²) in [5.74, 6) is -0.350. The van der Waals surface area contributed by atoms with Crippen LogP contribution in [0.4, 0.5) is 10.2 Å². The summed E-state index contributed by atoms with van der Waals surface area (Å²) in [4.78, 5) is 20.6. The van der Waals surface area contributed by atoms with Crippen LogP contribution in [0.3, 0.4) is 0 Å². The van der Waals surface area contributed by atoms with Crippen LogP contribution in [-0.4, -0.2) is 68.3 Å². The van der Waals surface area contributed by atoms with Gasteiger partial charge in [-0.15, -0.1) is 0 Å². The van der Waals surface area contributed by atoms with Crippen molar-refractivity contribution < 1.29 is 37.4 Å². The second kappa shape index (κ2) is 13.3. The number of aliphatic hydroxyl groups is 1. The van der Waals surface area contributed by atoms with Crippen molar-refractivity contribution in [3.63, 3.8) is 0 Å². The van der Waals surface area contributed by atoms with Crippen molar-refractivity contribution in [2.45, 2.75) is 58.0 Å². The Morgan fingerprint density at radius 2 is 1.97 bits per heavy atom. The van der Waals surface area contributed by atoms with Gasteiger partial charge in [0.1, 0.15) is 42.6 Å². The normalized spacial score (nSPS) is 15.8. The van der Waals surface area contributed by atoms with Crippen molar-refractivity contribution in [2.24, 2.45) is 0 Å². The van der Waals surface area contributed by atoms with Crippen LogP contribution in [-0.2, 0) is 23.4 Å². The Balaban J connectivity index is 1.86. The van der Waals surface area contributed by atoms with Gasteiger partial charge in [-0.1, -0.05) is 25.1 Å². The molecule has 0 saturated carbocycles. The van der Waals surface area contributed by atoms with E-state index in [1.165, 1.54) is 30.9 Å². The van der Waals surface area contributed by atoms with Crippen molar-refractivity contribution in [2.75, 3.05) is 25.6 Å². The van der Waals surface area contributed by atoms with Crippen molar-refractivity contribution in [3.8, 4) is 5.75 Å². The number of imidazole rings is 1. The maximum Gasteiger partial charge on any atom is 0.459 e. The molecule has 39 heavy (non-hydrogen) atoms. The number of carbonyl (C=O) groups excluding carboxylic acids is 1. The molecule has 2 heterocycles. The summed E-state index contributed by atoms with van der Waals surface area (Å²) in [7, 11) is -4.32. The smallest absolute Gasteiger partial charge is 0.459 e. The highest BCUT2D eigenvalue weighted by Crippen LogP contribution is 2.47. The number of nitrogens with two attached hydrogens (primary N) is 1. The van der Waals surface area contributed by atoms with E-state index in [4.69, 9.17) is 24.3 Å². The number of para-hydroxylation sites is 1. The summed E-state index contributed by atoms with van der Waals surface area (Å²) < 4.78 is 51.3. The minimum Gasteiger partial charge on any atom is -0.465 e. The molecular formula is C24H34FN6O7P. The van der Waals surface area contributed by atoms with Gasteiger partial charge in [-0.25, -0.2) is 23.4 Å². The third-order valence-corrected chi connectivity index (χ3v) is 7.34. The number of aromatic nitrogens is 4. The van der Waals surface area contributed by atoms with Crippen LogP contribution >= 0.6 is 7.75 Å². The molecule has 0 aliphatic carbocycles. The van der Waals surface area contributed by atoms with Crippen LogP contribution < -0.4 is 15.3 Å². The highest BCUT2D eigenvalue weighted by atomic mass is 31.2. The first-order valence-electron chi connectivity index (χ1n) is 12.3. The first kappa shape index (κ1) is 30.4. The SMILES string of the molecule is CCOC(=O)C(C)(C)NP(=O)(OC[C@@H](O[C@H](CC)c1cnc2c(N)ncnn12)[C@@H](O)CF)Oc1ccccc1. The van der Waals surface area contributed by atoms with Gasteiger partial charge in [0.25, 0.3) is 0 Å². The average Bonchev–Trinajstić information content (AvgIpc) is 3.34. The van der Waals surface area contributed by atoms with Gasteiger partial charge in [-0.05, 0) is 39.3 Å². The third kappa shape index (κ3) is 7.70. The Morgan fingerprint density at radius 3 is 2.62 bits per heavy atom. The molecule has 3 rings (SSSR count). The number of ether oxygens (including phenoxy) is 2. The van der Waals surface area contributed by atoms with E-state index < -0.39 is 50.8 Å². The number of nitrogen functional groups attached to an aromatic ring is 1. The molecule has 1 unspecified atom stereocenters. The minimum atomic E-state index is -4.32. The van der Waals surface area contributed by atoms with E-state index in [9.17, 15) is 18.9 Å². The van der Waals surface area contributed by atoms with E-state index in [1.54, 1.807) is 44.2 Å². The molecule has 13 nitrogen and oxygen atoms in total. The summed E-state index contributed by atoms with van der Waals surface area (Å²) in [6.45, 7) is 4.71. The number of anilines is 1. The number of hydrogen-bond donors (Lipinski definition) is 3. The highest BCUT2D eigenvalue weighted by Gasteiger charge is 2.41. The van der Waals surface area contributed by atoms with E-state index in [-0.39, 0.29) is 18.2 Å². The van der Waals surface area contributed by atoms with E-state index in [1.807, 2.05) is 0 Å². The zero-order chi connectivity index (χ0) is 28.6. The summed E-state index contributed by atoms with van der Waals surface area (Å²) in [5, 5.41) is 17.2. The number of esters is 1. The molecule has 2 aromatic heterocycles. The van der Waals surface area contributed by atoms with Gasteiger partial charge in [0.2, 0.25) is 0 Å². The predicted molar refractivity (Wildman–Crippen MR) is 140 cm³/mol. The van der Waals surface area contributed by atoms with Crippen LogP contribution in [0.1, 0.15) is 45.9 Å². The molecule has 0 spiro atoms. The van der Waals surface area contributed by atoms with Crippen LogP contribution in [0, 0.1) is 0 Å². The number of aliphatic hydroxyl groups excluding tert-OH is 1. The molecule has 0 aliphatic rings. The monoisotopic (exact) mass is 568 g/mol. The maximum absolute atomic E-state index is 13.9. The molecule has 214 valence electrons. The zero-order valence-corrected chi connectivity index (χ0v) is 23.1. The highest BCUT2D eigenvalue weighted by molar-refractivity contribution is 7.52. The molecule has 0 bridgehead atoms. The summed E-state index contributed by atoms with van der Waals surface area (Å²) in [5.41, 5.74) is 5.15. The predicted octanol–water partition coefficient (Wildman–Crippen LogP) is 3.01. The summed E-state index contributed by atoms with van der Waals surface area (Å²) >= 11 is 0. The molecule has 0 radical (unpaired) electrons. The lowest BCUT2D eigenvalue weighted by Crippen LogP contribution is -2.47. The number of alkyl halides is 1. The van der Waals surface area contributed by atoms with Gasteiger partial charge in [0.15, 0.2) is 11.5 Å². The lowest BCUT2D eigenvalue weighted by molar-refractivity contribution is -0.149. The van der Waals surface area contributed by atoms with Crippen LogP contribution in [0.25, 0.3) is 5.65 Å². The number of fused-ring (bicyclic) bond motifs is 1. The maximum atomic E-state index is 13.9.